The first-order valence-corrected chi connectivity index (χ1v) is 7.00. The maximum absolute atomic E-state index is 11.2. The van der Waals surface area contributed by atoms with E-state index < -0.39 is 5.97 Å². The van der Waals surface area contributed by atoms with Crippen LogP contribution in [0.15, 0.2) is 18.2 Å². The maximum Gasteiger partial charge on any atom is 0.354 e. The molecular weight excluding hydrogens is 256 g/mol. The molecule has 0 bridgehead atoms. The largest absolute Gasteiger partial charge is 0.477 e. The summed E-state index contributed by atoms with van der Waals surface area (Å²) in [5, 5.41) is 13.6. The minimum absolute atomic E-state index is 0.157. The first kappa shape index (κ1) is 13.1. The molecule has 0 radical (unpaired) electrons. The van der Waals surface area contributed by atoms with E-state index in [-0.39, 0.29) is 5.69 Å². The molecule has 0 aliphatic carbocycles. The fourth-order valence-corrected chi connectivity index (χ4v) is 2.81. The lowest BCUT2D eigenvalue weighted by atomic mass is 9.97. The molecule has 0 amide bonds. The van der Waals surface area contributed by atoms with Crippen LogP contribution >= 0.6 is 0 Å². The second-order valence-electron chi connectivity index (χ2n) is 5.19. The number of carboxylic acid groups (broad SMARTS) is 1. The molecule has 6 heteroatoms. The Labute approximate surface area is 117 Å². The van der Waals surface area contributed by atoms with Crippen molar-refractivity contribution in [2.24, 2.45) is 0 Å². The van der Waals surface area contributed by atoms with E-state index in [0.29, 0.717) is 11.6 Å². The predicted molar refractivity (Wildman–Crippen MR) is 74.0 cm³/mol. The number of rotatable bonds is 3. The summed E-state index contributed by atoms with van der Waals surface area (Å²) >= 11 is 0. The highest BCUT2D eigenvalue weighted by molar-refractivity contribution is 5.86. The number of carboxylic acids is 1. The Hall–Kier alpha value is -1.95. The van der Waals surface area contributed by atoms with Crippen LogP contribution in [0, 0.1) is 0 Å². The summed E-state index contributed by atoms with van der Waals surface area (Å²) < 4.78 is 1.43. The van der Waals surface area contributed by atoms with Crippen molar-refractivity contribution in [3.05, 3.63) is 29.7 Å². The molecule has 1 aliphatic rings. The van der Waals surface area contributed by atoms with E-state index in [2.05, 4.69) is 21.9 Å². The van der Waals surface area contributed by atoms with Gasteiger partial charge in [0, 0.05) is 12.5 Å². The number of piperidine rings is 1. The Morgan fingerprint density at radius 3 is 3.10 bits per heavy atom. The van der Waals surface area contributed by atoms with Crippen molar-refractivity contribution >= 4 is 11.6 Å². The molecule has 1 atom stereocenters. The quantitative estimate of drug-likeness (QED) is 0.921. The molecule has 1 fully saturated rings. The van der Waals surface area contributed by atoms with Gasteiger partial charge in [-0.2, -0.15) is 5.10 Å². The number of hydrogen-bond acceptors (Lipinski definition) is 4. The molecule has 6 nitrogen and oxygen atoms in total. The average molecular weight is 274 g/mol. The number of nitrogens with zero attached hydrogens (tertiary/aromatic N) is 4. The second-order valence-corrected chi connectivity index (χ2v) is 5.19. The van der Waals surface area contributed by atoms with Gasteiger partial charge in [0.1, 0.15) is 0 Å². The van der Waals surface area contributed by atoms with Crippen LogP contribution in [0.25, 0.3) is 5.65 Å². The number of likely N-dealkylation sites (N-methyl/N-ethyl adjacent to an activating group) is 1. The summed E-state index contributed by atoms with van der Waals surface area (Å²) in [5.74, 6) is 0.0768. The van der Waals surface area contributed by atoms with Crippen LogP contribution < -0.4 is 0 Å². The molecule has 1 aliphatic heterocycles. The number of aromatic nitrogens is 3. The van der Waals surface area contributed by atoms with Gasteiger partial charge in [-0.05, 0) is 38.1 Å². The van der Waals surface area contributed by atoms with Crippen LogP contribution in [0.3, 0.4) is 0 Å². The van der Waals surface area contributed by atoms with E-state index in [0.717, 1.165) is 38.3 Å². The van der Waals surface area contributed by atoms with E-state index in [9.17, 15) is 9.90 Å². The van der Waals surface area contributed by atoms with Gasteiger partial charge in [-0.25, -0.2) is 14.3 Å². The Kier molecular flexibility index (Phi) is 3.40. The number of pyridine rings is 1. The molecule has 106 valence electrons. The molecule has 0 aromatic carbocycles. The monoisotopic (exact) mass is 274 g/mol. The standard InChI is InChI=1S/C14H18N4O2/c1-2-17-8-4-5-10(9-17)13-15-12-7-3-6-11(14(19)20)18(12)16-13/h3,6-7,10H,2,4-5,8-9H2,1H3,(H,19,20). The molecule has 3 rings (SSSR count). The lowest BCUT2D eigenvalue weighted by Gasteiger charge is -2.30. The van der Waals surface area contributed by atoms with Crippen molar-refractivity contribution in [3.63, 3.8) is 0 Å². The van der Waals surface area contributed by atoms with E-state index in [4.69, 9.17) is 0 Å². The summed E-state index contributed by atoms with van der Waals surface area (Å²) in [6.07, 6.45) is 2.20. The molecule has 0 saturated carbocycles. The average Bonchev–Trinajstić information content (AvgIpc) is 2.91. The summed E-state index contributed by atoms with van der Waals surface area (Å²) in [7, 11) is 0. The summed E-state index contributed by atoms with van der Waals surface area (Å²) in [6.45, 7) is 5.27. The number of likely N-dealkylation sites (tertiary alicyclic amines) is 1. The Bertz CT molecular complexity index is 637. The molecule has 3 heterocycles. The minimum Gasteiger partial charge on any atom is -0.477 e. The first-order valence-electron chi connectivity index (χ1n) is 7.00. The Morgan fingerprint density at radius 2 is 2.35 bits per heavy atom. The summed E-state index contributed by atoms with van der Waals surface area (Å²) in [6, 6.07) is 5.05. The summed E-state index contributed by atoms with van der Waals surface area (Å²) in [5.41, 5.74) is 0.762. The van der Waals surface area contributed by atoms with Gasteiger partial charge in [-0.3, -0.25) is 0 Å². The highest BCUT2D eigenvalue weighted by Gasteiger charge is 2.24. The van der Waals surface area contributed by atoms with Crippen molar-refractivity contribution in [1.29, 1.82) is 0 Å². The van der Waals surface area contributed by atoms with Gasteiger partial charge in [0.15, 0.2) is 17.2 Å². The third-order valence-electron chi connectivity index (χ3n) is 3.91. The predicted octanol–water partition coefficient (Wildman–Crippen LogP) is 1.63. The van der Waals surface area contributed by atoms with Crippen molar-refractivity contribution in [2.75, 3.05) is 19.6 Å². The van der Waals surface area contributed by atoms with Crippen LogP contribution in [-0.4, -0.2) is 50.2 Å². The molecule has 20 heavy (non-hydrogen) atoms. The smallest absolute Gasteiger partial charge is 0.354 e. The zero-order valence-corrected chi connectivity index (χ0v) is 11.5. The molecule has 1 saturated heterocycles. The van der Waals surface area contributed by atoms with E-state index in [1.807, 2.05) is 0 Å². The first-order chi connectivity index (χ1) is 9.69. The molecule has 2 aromatic heterocycles. The molecule has 0 spiro atoms. The van der Waals surface area contributed by atoms with Crippen molar-refractivity contribution < 1.29 is 9.90 Å². The van der Waals surface area contributed by atoms with Crippen molar-refractivity contribution in [1.82, 2.24) is 19.5 Å². The van der Waals surface area contributed by atoms with Gasteiger partial charge in [0.05, 0.1) is 0 Å². The Morgan fingerprint density at radius 1 is 1.50 bits per heavy atom. The zero-order valence-electron chi connectivity index (χ0n) is 11.5. The van der Waals surface area contributed by atoms with Gasteiger partial charge in [0.25, 0.3) is 0 Å². The van der Waals surface area contributed by atoms with Gasteiger partial charge in [0.2, 0.25) is 0 Å². The van der Waals surface area contributed by atoms with Crippen LogP contribution in [0.1, 0.15) is 42.0 Å². The molecule has 1 N–H and O–H groups in total. The third-order valence-corrected chi connectivity index (χ3v) is 3.91. The van der Waals surface area contributed by atoms with Crippen molar-refractivity contribution in [3.8, 4) is 0 Å². The van der Waals surface area contributed by atoms with Crippen LogP contribution in [0.4, 0.5) is 0 Å². The third kappa shape index (κ3) is 2.27. The number of fused-ring (bicyclic) bond motifs is 1. The van der Waals surface area contributed by atoms with Gasteiger partial charge in [-0.1, -0.05) is 13.0 Å². The van der Waals surface area contributed by atoms with Crippen LogP contribution in [-0.2, 0) is 0 Å². The van der Waals surface area contributed by atoms with E-state index >= 15 is 0 Å². The normalized spacial score (nSPS) is 20.4. The number of aromatic carboxylic acids is 1. The van der Waals surface area contributed by atoms with Gasteiger partial charge >= 0.3 is 5.97 Å². The highest BCUT2D eigenvalue weighted by atomic mass is 16.4. The SMILES string of the molecule is CCN1CCCC(c2nc3cccc(C(=O)O)n3n2)C1. The van der Waals surface area contributed by atoms with E-state index in [1.54, 1.807) is 18.2 Å². The minimum atomic E-state index is -0.981. The lowest BCUT2D eigenvalue weighted by Crippen LogP contribution is -2.34. The van der Waals surface area contributed by atoms with Gasteiger partial charge < -0.3 is 10.0 Å². The van der Waals surface area contributed by atoms with Crippen LogP contribution in [0.5, 0.6) is 0 Å². The molecule has 1 unspecified atom stereocenters. The lowest BCUT2D eigenvalue weighted by molar-refractivity contribution is 0.0687. The van der Waals surface area contributed by atoms with E-state index in [1.165, 1.54) is 4.52 Å². The second kappa shape index (κ2) is 5.20. The summed E-state index contributed by atoms with van der Waals surface area (Å²) in [4.78, 5) is 18.1. The fourth-order valence-electron chi connectivity index (χ4n) is 2.81. The number of carbonyl (C=O) groups is 1. The van der Waals surface area contributed by atoms with Gasteiger partial charge in [-0.15, -0.1) is 0 Å². The fraction of sp³-hybridized carbons (Fsp3) is 0.500. The topological polar surface area (TPSA) is 70.7 Å². The molecule has 2 aromatic rings. The Balaban J connectivity index is 1.96. The molecular formula is C14H18N4O2. The number of hydrogen-bond donors (Lipinski definition) is 1. The zero-order chi connectivity index (χ0) is 14.1. The highest BCUT2D eigenvalue weighted by Crippen LogP contribution is 2.25. The maximum atomic E-state index is 11.2. The van der Waals surface area contributed by atoms with Crippen LogP contribution in [0.2, 0.25) is 0 Å². The van der Waals surface area contributed by atoms with Crippen molar-refractivity contribution in [2.45, 2.75) is 25.7 Å².